The van der Waals surface area contributed by atoms with E-state index in [1.807, 2.05) is 0 Å². The Morgan fingerprint density at radius 3 is 0.786 bits per heavy atom. The second kappa shape index (κ2) is 16.2. The first-order chi connectivity index (χ1) is 27.4. The fourth-order valence-corrected chi connectivity index (χ4v) is 7.11. The largest absolute Gasteiger partial charge is 0.310 e. The lowest BCUT2D eigenvalue weighted by atomic mass is 10.0. The smallest absolute Gasteiger partial charge is 0.0541 e. The zero-order chi connectivity index (χ0) is 38.4. The highest BCUT2D eigenvalue weighted by Crippen LogP contribution is 2.45. The molecule has 8 aromatic carbocycles. The van der Waals surface area contributed by atoms with Gasteiger partial charge in [0.15, 0.2) is 0 Å². The van der Waals surface area contributed by atoms with Gasteiger partial charge in [0, 0.05) is 33.5 Å². The van der Waals surface area contributed by atoms with Gasteiger partial charge in [-0.25, -0.2) is 0 Å². The molecule has 0 aliphatic carbocycles. The highest BCUT2D eigenvalue weighted by molar-refractivity contribution is 6.07. The number of fused-ring (bicyclic) bond motifs is 1. The summed E-state index contributed by atoms with van der Waals surface area (Å²) >= 11 is 0. The predicted molar refractivity (Wildman–Crippen MR) is 243 cm³/mol. The summed E-state index contributed by atoms with van der Waals surface area (Å²) in [5.74, 6) is 0. The Morgan fingerprint density at radius 1 is 0.268 bits per heavy atom. The molecule has 272 valence electrons. The first kappa shape index (κ1) is 36.1. The Balaban J connectivity index is 1.20. The van der Waals surface area contributed by atoms with Crippen molar-refractivity contribution in [3.05, 3.63) is 226 Å². The third-order valence-corrected chi connectivity index (χ3v) is 10.3. The van der Waals surface area contributed by atoms with Crippen molar-refractivity contribution in [3.8, 4) is 0 Å². The van der Waals surface area contributed by atoms with Gasteiger partial charge in [-0.05, 0) is 111 Å². The summed E-state index contributed by atoms with van der Waals surface area (Å²) in [5, 5.41) is 2.34. The van der Waals surface area contributed by atoms with E-state index in [1.165, 1.54) is 44.2 Å². The minimum Gasteiger partial charge on any atom is -0.310 e. The van der Waals surface area contributed by atoms with E-state index < -0.39 is 0 Å². The molecule has 0 aromatic heterocycles. The van der Waals surface area contributed by atoms with Crippen LogP contribution in [0.3, 0.4) is 0 Å². The van der Waals surface area contributed by atoms with E-state index >= 15 is 0 Å². The Hall–Kier alpha value is -6.90. The van der Waals surface area contributed by atoms with Crippen molar-refractivity contribution in [2.24, 2.45) is 0 Å². The summed E-state index contributed by atoms with van der Waals surface area (Å²) in [7, 11) is 0. The molecule has 2 nitrogen and oxygen atoms in total. The van der Waals surface area contributed by atoms with Crippen LogP contribution in [-0.2, 0) is 0 Å². The Labute approximate surface area is 332 Å². The molecule has 0 fully saturated rings. The van der Waals surface area contributed by atoms with Gasteiger partial charge in [0.05, 0.1) is 11.4 Å². The molecule has 0 amide bonds. The van der Waals surface area contributed by atoms with Crippen molar-refractivity contribution in [2.75, 3.05) is 9.80 Å². The van der Waals surface area contributed by atoms with Crippen molar-refractivity contribution >= 4 is 69.2 Å². The van der Waals surface area contributed by atoms with E-state index in [0.29, 0.717) is 0 Å². The van der Waals surface area contributed by atoms with Crippen molar-refractivity contribution in [1.29, 1.82) is 0 Å². The quantitative estimate of drug-likeness (QED) is 0.130. The van der Waals surface area contributed by atoms with Crippen LogP contribution in [0.1, 0.15) is 44.5 Å². The SMILES string of the molecule is Cc1ccc(/C=C/c2ccc(N(c3ccc(C)cc3)c3ccc(N(c4ccc(C)cc4)c4ccc(/C=C/c5ccc(C)cc5)cc4)c4ccccc34)cc2)cc1. The molecule has 0 bridgehead atoms. The normalized spacial score (nSPS) is 11.4. The van der Waals surface area contributed by atoms with Crippen molar-refractivity contribution < 1.29 is 0 Å². The van der Waals surface area contributed by atoms with Crippen LogP contribution in [0.4, 0.5) is 34.1 Å². The molecule has 0 aliphatic rings. The molecule has 2 heteroatoms. The first-order valence-corrected chi connectivity index (χ1v) is 19.3. The number of rotatable bonds is 10. The summed E-state index contributed by atoms with van der Waals surface area (Å²) in [5.41, 5.74) is 16.4. The van der Waals surface area contributed by atoms with Crippen LogP contribution < -0.4 is 9.80 Å². The average Bonchev–Trinajstić information content (AvgIpc) is 3.23. The molecule has 0 radical (unpaired) electrons. The second-order valence-electron chi connectivity index (χ2n) is 14.7. The maximum Gasteiger partial charge on any atom is 0.0541 e. The highest BCUT2D eigenvalue weighted by Gasteiger charge is 2.20. The fraction of sp³-hybridized carbons (Fsp3) is 0.0741. The minimum atomic E-state index is 1.10. The van der Waals surface area contributed by atoms with Gasteiger partial charge in [-0.2, -0.15) is 0 Å². The predicted octanol–water partition coefficient (Wildman–Crippen LogP) is 15.4. The number of hydrogen-bond acceptors (Lipinski definition) is 2. The highest BCUT2D eigenvalue weighted by atomic mass is 15.2. The lowest BCUT2D eigenvalue weighted by Gasteiger charge is -2.30. The minimum absolute atomic E-state index is 1.10. The van der Waals surface area contributed by atoms with Gasteiger partial charge in [-0.15, -0.1) is 0 Å². The summed E-state index contributed by atoms with van der Waals surface area (Å²) < 4.78 is 0. The van der Waals surface area contributed by atoms with Gasteiger partial charge in [0.2, 0.25) is 0 Å². The zero-order valence-electron chi connectivity index (χ0n) is 32.5. The molecule has 0 aliphatic heterocycles. The monoisotopic (exact) mass is 722 g/mol. The van der Waals surface area contributed by atoms with E-state index in [2.05, 4.69) is 244 Å². The van der Waals surface area contributed by atoms with E-state index in [4.69, 9.17) is 0 Å². The first-order valence-electron chi connectivity index (χ1n) is 19.3. The van der Waals surface area contributed by atoms with E-state index in [9.17, 15) is 0 Å². The molecule has 0 saturated heterocycles. The molecular formula is C54H46N2. The summed E-state index contributed by atoms with van der Waals surface area (Å²) in [4.78, 5) is 4.76. The van der Waals surface area contributed by atoms with Gasteiger partial charge in [-0.1, -0.05) is 168 Å². The van der Waals surface area contributed by atoms with Crippen molar-refractivity contribution in [1.82, 2.24) is 0 Å². The maximum absolute atomic E-state index is 2.38. The van der Waals surface area contributed by atoms with E-state index in [1.54, 1.807) is 0 Å². The van der Waals surface area contributed by atoms with Gasteiger partial charge in [0.1, 0.15) is 0 Å². The Kier molecular flexibility index (Phi) is 10.5. The topological polar surface area (TPSA) is 6.48 Å². The number of aryl methyl sites for hydroxylation is 4. The van der Waals surface area contributed by atoms with E-state index in [-0.39, 0.29) is 0 Å². The zero-order valence-corrected chi connectivity index (χ0v) is 32.5. The van der Waals surface area contributed by atoms with Crippen LogP contribution in [0, 0.1) is 27.7 Å². The van der Waals surface area contributed by atoms with Crippen LogP contribution in [0.25, 0.3) is 35.1 Å². The van der Waals surface area contributed by atoms with Crippen LogP contribution in [0.2, 0.25) is 0 Å². The lowest BCUT2D eigenvalue weighted by molar-refractivity contribution is 1.27. The lowest BCUT2D eigenvalue weighted by Crippen LogP contribution is -2.13. The standard InChI is InChI=1S/C54H46N2/c1-39-9-17-43(18-10-39)21-23-45-25-33-49(34-26-45)55(47-29-13-41(3)14-30-47)53-37-38-54(52-8-6-5-7-51(52)53)56(48-31-15-42(4)16-32-48)50-35-27-46(28-36-50)24-22-44-19-11-40(2)12-20-44/h5-38H,1-4H3/b23-21+,24-22+. The van der Waals surface area contributed by atoms with Gasteiger partial charge < -0.3 is 9.80 Å². The van der Waals surface area contributed by atoms with Crippen LogP contribution in [0.15, 0.2) is 182 Å². The third kappa shape index (κ3) is 8.11. The number of benzene rings is 8. The molecule has 0 saturated carbocycles. The maximum atomic E-state index is 2.38. The second-order valence-corrected chi connectivity index (χ2v) is 14.7. The molecule has 0 unspecified atom stereocenters. The Morgan fingerprint density at radius 2 is 0.500 bits per heavy atom. The summed E-state index contributed by atoms with van der Waals surface area (Å²) in [6.45, 7) is 8.52. The molecular weight excluding hydrogens is 677 g/mol. The van der Waals surface area contributed by atoms with Gasteiger partial charge >= 0.3 is 0 Å². The molecule has 0 spiro atoms. The van der Waals surface area contributed by atoms with E-state index in [0.717, 1.165) is 45.3 Å². The average molecular weight is 723 g/mol. The number of nitrogens with zero attached hydrogens (tertiary/aromatic N) is 2. The molecule has 0 heterocycles. The summed E-state index contributed by atoms with van der Waals surface area (Å²) in [6, 6.07) is 66.0. The van der Waals surface area contributed by atoms with Gasteiger partial charge in [0.25, 0.3) is 0 Å². The third-order valence-electron chi connectivity index (χ3n) is 10.3. The van der Waals surface area contributed by atoms with Crippen LogP contribution >= 0.6 is 0 Å². The van der Waals surface area contributed by atoms with Crippen LogP contribution in [-0.4, -0.2) is 0 Å². The Bertz CT molecular complexity index is 2430. The molecule has 0 N–H and O–H groups in total. The molecule has 8 aromatic rings. The molecule has 0 atom stereocenters. The molecule has 56 heavy (non-hydrogen) atoms. The van der Waals surface area contributed by atoms with Crippen molar-refractivity contribution in [3.63, 3.8) is 0 Å². The van der Waals surface area contributed by atoms with Crippen LogP contribution in [0.5, 0.6) is 0 Å². The number of hydrogen-bond donors (Lipinski definition) is 0. The molecule has 8 rings (SSSR count). The fourth-order valence-electron chi connectivity index (χ4n) is 7.11. The summed E-state index contributed by atoms with van der Waals surface area (Å²) in [6.07, 6.45) is 8.71. The van der Waals surface area contributed by atoms with Gasteiger partial charge in [-0.3, -0.25) is 0 Å². The number of anilines is 6. The van der Waals surface area contributed by atoms with Crippen molar-refractivity contribution in [2.45, 2.75) is 27.7 Å².